The Morgan fingerprint density at radius 3 is 2.74 bits per heavy atom. The highest BCUT2D eigenvalue weighted by atomic mass is 35.5. The van der Waals surface area contributed by atoms with Gasteiger partial charge in [0.1, 0.15) is 5.02 Å². The molecular weight excluding hydrogens is 270 g/mol. The van der Waals surface area contributed by atoms with Crippen LogP contribution in [0.2, 0.25) is 5.02 Å². The summed E-state index contributed by atoms with van der Waals surface area (Å²) in [5.74, 6) is -0.483. The minimum absolute atomic E-state index is 0.0288. The molecule has 0 spiro atoms. The molecule has 6 nitrogen and oxygen atoms in total. The molecule has 1 aromatic rings. The predicted octanol–water partition coefficient (Wildman–Crippen LogP) is 2.53. The Hall–Kier alpha value is -2.13. The van der Waals surface area contributed by atoms with Gasteiger partial charge in [-0.2, -0.15) is 5.26 Å². The van der Waals surface area contributed by atoms with Crippen LogP contribution in [0.1, 0.15) is 24.2 Å². The van der Waals surface area contributed by atoms with Gasteiger partial charge in [-0.3, -0.25) is 14.9 Å². The van der Waals surface area contributed by atoms with Crippen molar-refractivity contribution in [3.8, 4) is 6.07 Å². The largest absolute Gasteiger partial charge is 0.350 e. The van der Waals surface area contributed by atoms with Crippen molar-refractivity contribution < 1.29 is 9.72 Å². The Labute approximate surface area is 115 Å². The zero-order chi connectivity index (χ0) is 14.6. The van der Waals surface area contributed by atoms with Crippen LogP contribution in [0.3, 0.4) is 0 Å². The molecule has 0 heterocycles. The Morgan fingerprint density at radius 2 is 2.21 bits per heavy atom. The fraction of sp³-hybridized carbons (Fsp3) is 0.333. The molecule has 0 aliphatic carbocycles. The lowest BCUT2D eigenvalue weighted by molar-refractivity contribution is -0.384. The molecule has 0 aliphatic rings. The van der Waals surface area contributed by atoms with Gasteiger partial charge in [-0.25, -0.2) is 0 Å². The van der Waals surface area contributed by atoms with E-state index in [-0.39, 0.29) is 22.8 Å². The van der Waals surface area contributed by atoms with E-state index in [1.165, 1.54) is 12.1 Å². The van der Waals surface area contributed by atoms with Crippen molar-refractivity contribution in [2.45, 2.75) is 13.8 Å². The lowest BCUT2D eigenvalue weighted by Crippen LogP contribution is -2.33. The number of hydrogen-bond acceptors (Lipinski definition) is 4. The molecule has 19 heavy (non-hydrogen) atoms. The maximum Gasteiger partial charge on any atom is 0.288 e. The van der Waals surface area contributed by atoms with E-state index in [1.807, 2.05) is 6.07 Å². The van der Waals surface area contributed by atoms with E-state index in [0.29, 0.717) is 0 Å². The maximum atomic E-state index is 11.8. The van der Waals surface area contributed by atoms with E-state index >= 15 is 0 Å². The summed E-state index contributed by atoms with van der Waals surface area (Å²) in [5.41, 5.74) is -0.896. The van der Waals surface area contributed by atoms with Crippen LogP contribution >= 0.6 is 11.6 Å². The molecular formula is C12H12ClN3O3. The number of amides is 1. The second-order valence-corrected chi connectivity index (χ2v) is 5.01. The highest BCUT2D eigenvalue weighted by Gasteiger charge is 2.20. The Kier molecular flexibility index (Phi) is 4.46. The van der Waals surface area contributed by atoms with E-state index in [4.69, 9.17) is 16.9 Å². The van der Waals surface area contributed by atoms with Gasteiger partial charge < -0.3 is 5.32 Å². The Morgan fingerprint density at radius 1 is 1.58 bits per heavy atom. The predicted molar refractivity (Wildman–Crippen MR) is 69.8 cm³/mol. The molecule has 0 saturated carbocycles. The number of halogens is 1. The zero-order valence-electron chi connectivity index (χ0n) is 10.4. The number of hydrogen-bond donors (Lipinski definition) is 1. The van der Waals surface area contributed by atoms with Gasteiger partial charge in [0.05, 0.1) is 16.4 Å². The minimum Gasteiger partial charge on any atom is -0.350 e. The summed E-state index contributed by atoms with van der Waals surface area (Å²) >= 11 is 5.65. The van der Waals surface area contributed by atoms with Crippen LogP contribution in [0, 0.1) is 26.9 Å². The van der Waals surface area contributed by atoms with Gasteiger partial charge in [-0.05, 0) is 26.0 Å². The molecule has 7 heteroatoms. The summed E-state index contributed by atoms with van der Waals surface area (Å²) in [4.78, 5) is 21.9. The number of carbonyl (C=O) groups is 1. The second-order valence-electron chi connectivity index (χ2n) is 4.60. The van der Waals surface area contributed by atoms with Crippen LogP contribution in [0.5, 0.6) is 0 Å². The maximum absolute atomic E-state index is 11.8. The van der Waals surface area contributed by atoms with Crippen molar-refractivity contribution in [2.75, 3.05) is 6.54 Å². The van der Waals surface area contributed by atoms with E-state index in [0.717, 1.165) is 6.07 Å². The number of nitriles is 1. The molecule has 0 radical (unpaired) electrons. The third-order valence-corrected chi connectivity index (χ3v) is 2.72. The molecule has 100 valence electrons. The first-order chi connectivity index (χ1) is 8.76. The quantitative estimate of drug-likeness (QED) is 0.677. The van der Waals surface area contributed by atoms with Crippen LogP contribution < -0.4 is 5.32 Å². The van der Waals surface area contributed by atoms with Crippen LogP contribution in [0.4, 0.5) is 5.69 Å². The summed E-state index contributed by atoms with van der Waals surface area (Å²) in [6.45, 7) is 3.51. The lowest BCUT2D eigenvalue weighted by Gasteiger charge is -2.15. The molecule has 1 N–H and O–H groups in total. The summed E-state index contributed by atoms with van der Waals surface area (Å²) in [7, 11) is 0. The standard InChI is InChI=1S/C12H12ClN3O3/c1-12(2,6-14)7-15-11(17)8-3-4-9(13)10(5-8)16(18)19/h3-5H,7H2,1-2H3,(H,15,17). The third-order valence-electron chi connectivity index (χ3n) is 2.40. The highest BCUT2D eigenvalue weighted by molar-refractivity contribution is 6.32. The smallest absolute Gasteiger partial charge is 0.288 e. The first-order valence-corrected chi connectivity index (χ1v) is 5.78. The van der Waals surface area contributed by atoms with E-state index in [1.54, 1.807) is 13.8 Å². The highest BCUT2D eigenvalue weighted by Crippen LogP contribution is 2.25. The van der Waals surface area contributed by atoms with E-state index < -0.39 is 16.2 Å². The molecule has 0 fully saturated rings. The first-order valence-electron chi connectivity index (χ1n) is 5.40. The lowest BCUT2D eigenvalue weighted by atomic mass is 9.96. The zero-order valence-corrected chi connectivity index (χ0v) is 11.2. The number of rotatable bonds is 4. The monoisotopic (exact) mass is 281 g/mol. The molecule has 0 aliphatic heterocycles. The fourth-order valence-electron chi connectivity index (χ4n) is 1.24. The first kappa shape index (κ1) is 14.9. The Bertz CT molecular complexity index is 564. The van der Waals surface area contributed by atoms with Gasteiger partial charge in [0.25, 0.3) is 11.6 Å². The van der Waals surface area contributed by atoms with Gasteiger partial charge in [-0.1, -0.05) is 11.6 Å². The van der Waals surface area contributed by atoms with Crippen LogP contribution in [0.25, 0.3) is 0 Å². The van der Waals surface area contributed by atoms with Gasteiger partial charge in [-0.15, -0.1) is 0 Å². The summed E-state index contributed by atoms with van der Waals surface area (Å²) in [5, 5.41) is 22.0. The molecule has 1 rings (SSSR count). The Balaban J connectivity index is 2.87. The van der Waals surface area contributed by atoms with Gasteiger partial charge >= 0.3 is 0 Å². The van der Waals surface area contributed by atoms with Crippen LogP contribution in [-0.2, 0) is 0 Å². The number of nitrogens with zero attached hydrogens (tertiary/aromatic N) is 2. The SMILES string of the molecule is CC(C)(C#N)CNC(=O)c1ccc(Cl)c([N+](=O)[O-])c1. The number of nitro benzene ring substituents is 1. The van der Waals surface area contributed by atoms with E-state index in [2.05, 4.69) is 5.32 Å². The van der Waals surface area contributed by atoms with Gasteiger partial charge in [0.15, 0.2) is 0 Å². The molecule has 0 atom stereocenters. The van der Waals surface area contributed by atoms with Crippen molar-refractivity contribution in [3.05, 3.63) is 38.9 Å². The van der Waals surface area contributed by atoms with Crippen molar-refractivity contribution in [1.29, 1.82) is 5.26 Å². The topological polar surface area (TPSA) is 96.0 Å². The molecule has 0 unspecified atom stereocenters. The average molecular weight is 282 g/mol. The normalized spacial score (nSPS) is 10.6. The molecule has 1 amide bonds. The van der Waals surface area contributed by atoms with Gasteiger partial charge in [0.2, 0.25) is 0 Å². The number of nitrogens with one attached hydrogen (secondary N) is 1. The van der Waals surface area contributed by atoms with E-state index in [9.17, 15) is 14.9 Å². The summed E-state index contributed by atoms with van der Waals surface area (Å²) in [6.07, 6.45) is 0. The average Bonchev–Trinajstić information content (AvgIpc) is 2.36. The minimum atomic E-state index is -0.700. The molecule has 1 aromatic carbocycles. The van der Waals surface area contributed by atoms with Crippen molar-refractivity contribution in [1.82, 2.24) is 5.32 Å². The van der Waals surface area contributed by atoms with Crippen LogP contribution in [-0.4, -0.2) is 17.4 Å². The molecule has 0 bridgehead atoms. The summed E-state index contributed by atoms with van der Waals surface area (Å²) in [6, 6.07) is 5.84. The third kappa shape index (κ3) is 3.93. The number of nitro groups is 1. The number of benzene rings is 1. The second kappa shape index (κ2) is 5.67. The summed E-state index contributed by atoms with van der Waals surface area (Å²) < 4.78 is 0. The van der Waals surface area contributed by atoms with Crippen LogP contribution in [0.15, 0.2) is 18.2 Å². The van der Waals surface area contributed by atoms with Crippen molar-refractivity contribution in [2.24, 2.45) is 5.41 Å². The van der Waals surface area contributed by atoms with Crippen molar-refractivity contribution in [3.63, 3.8) is 0 Å². The number of carbonyl (C=O) groups excluding carboxylic acids is 1. The molecule has 0 aromatic heterocycles. The van der Waals surface area contributed by atoms with Gasteiger partial charge in [0, 0.05) is 18.2 Å². The fourth-order valence-corrected chi connectivity index (χ4v) is 1.42. The van der Waals surface area contributed by atoms with Crippen molar-refractivity contribution >= 4 is 23.2 Å². The molecule has 0 saturated heterocycles.